The van der Waals surface area contributed by atoms with Gasteiger partial charge in [-0.25, -0.2) is 0 Å². The Labute approximate surface area is 82.9 Å². The lowest BCUT2D eigenvalue weighted by molar-refractivity contribution is 0.357. The van der Waals surface area contributed by atoms with E-state index in [1.807, 2.05) is 0 Å². The van der Waals surface area contributed by atoms with Crippen molar-refractivity contribution in [2.24, 2.45) is 0 Å². The molecule has 1 aromatic heterocycles. The third-order valence-electron chi connectivity index (χ3n) is 2.91. The van der Waals surface area contributed by atoms with Crippen molar-refractivity contribution in [3.05, 3.63) is 29.5 Å². The van der Waals surface area contributed by atoms with Crippen LogP contribution in [-0.4, -0.2) is 11.6 Å². The molecule has 1 N–H and O–H groups in total. The highest BCUT2D eigenvalue weighted by molar-refractivity contribution is 5.86. The number of nitrogens with one attached hydrogen (secondary N) is 1. The van der Waals surface area contributed by atoms with Crippen molar-refractivity contribution in [3.8, 4) is 5.75 Å². The van der Waals surface area contributed by atoms with E-state index in [-0.39, 0.29) is 0 Å². The van der Waals surface area contributed by atoms with Crippen molar-refractivity contribution in [3.63, 3.8) is 0 Å². The minimum atomic E-state index is 0.828. The van der Waals surface area contributed by atoms with Gasteiger partial charge < -0.3 is 9.72 Å². The van der Waals surface area contributed by atoms with Gasteiger partial charge in [0.1, 0.15) is 5.75 Å². The molecule has 1 aromatic carbocycles. The van der Waals surface area contributed by atoms with Crippen molar-refractivity contribution in [1.29, 1.82) is 0 Å². The number of aromatic amines is 1. The van der Waals surface area contributed by atoms with Gasteiger partial charge in [-0.05, 0) is 24.6 Å². The van der Waals surface area contributed by atoms with Crippen molar-refractivity contribution < 1.29 is 4.74 Å². The van der Waals surface area contributed by atoms with Gasteiger partial charge in [0, 0.05) is 23.1 Å². The smallest absolute Gasteiger partial charge is 0.124 e. The molecule has 3 rings (SSSR count). The van der Waals surface area contributed by atoms with Gasteiger partial charge in [-0.1, -0.05) is 6.92 Å². The molecular formula is C12H13NO. The number of aromatic nitrogens is 1. The van der Waals surface area contributed by atoms with Crippen LogP contribution in [-0.2, 0) is 12.8 Å². The third-order valence-corrected chi connectivity index (χ3v) is 2.91. The molecule has 0 radical (unpaired) electrons. The normalized spacial score (nSPS) is 14.4. The Kier molecular flexibility index (Phi) is 1.57. The maximum Gasteiger partial charge on any atom is 0.124 e. The molecule has 0 saturated heterocycles. The molecule has 2 nitrogen and oxygen atoms in total. The minimum Gasteiger partial charge on any atom is -0.493 e. The molecule has 0 aliphatic carbocycles. The van der Waals surface area contributed by atoms with Crippen LogP contribution in [0.15, 0.2) is 18.2 Å². The van der Waals surface area contributed by atoms with Gasteiger partial charge >= 0.3 is 0 Å². The molecule has 0 saturated carbocycles. The molecule has 2 aromatic rings. The topological polar surface area (TPSA) is 25.0 Å². The first-order valence-electron chi connectivity index (χ1n) is 5.15. The van der Waals surface area contributed by atoms with Gasteiger partial charge in [-0.15, -0.1) is 0 Å². The van der Waals surface area contributed by atoms with Crippen LogP contribution in [0, 0.1) is 0 Å². The van der Waals surface area contributed by atoms with Crippen LogP contribution in [0.3, 0.4) is 0 Å². The number of rotatable bonds is 1. The van der Waals surface area contributed by atoms with Gasteiger partial charge in [-0.2, -0.15) is 0 Å². The lowest BCUT2D eigenvalue weighted by atomic mass is 10.1. The molecule has 1 aliphatic rings. The fraction of sp³-hybridized carbons (Fsp3) is 0.333. The third kappa shape index (κ3) is 0.969. The van der Waals surface area contributed by atoms with Gasteiger partial charge in [0.05, 0.1) is 12.1 Å². The van der Waals surface area contributed by atoms with Gasteiger partial charge in [-0.3, -0.25) is 0 Å². The molecule has 0 spiro atoms. The summed E-state index contributed by atoms with van der Waals surface area (Å²) >= 11 is 0. The summed E-state index contributed by atoms with van der Waals surface area (Å²) in [4.78, 5) is 3.47. The van der Waals surface area contributed by atoms with Crippen molar-refractivity contribution >= 4 is 10.9 Å². The average molecular weight is 187 g/mol. The predicted molar refractivity (Wildman–Crippen MR) is 56.9 cm³/mol. The molecular weight excluding hydrogens is 174 g/mol. The van der Waals surface area contributed by atoms with Crippen LogP contribution in [0.4, 0.5) is 0 Å². The Bertz CT molecular complexity index is 484. The molecule has 0 amide bonds. The first-order valence-corrected chi connectivity index (χ1v) is 5.15. The van der Waals surface area contributed by atoms with Crippen molar-refractivity contribution in [1.82, 2.24) is 4.98 Å². The zero-order chi connectivity index (χ0) is 9.54. The number of H-pyrrole nitrogens is 1. The highest BCUT2D eigenvalue weighted by Crippen LogP contribution is 2.32. The summed E-state index contributed by atoms with van der Waals surface area (Å²) in [6.07, 6.45) is 2.10. The number of fused-ring (bicyclic) bond motifs is 3. The summed E-state index contributed by atoms with van der Waals surface area (Å²) in [7, 11) is 0. The molecule has 14 heavy (non-hydrogen) atoms. The number of hydrogen-bond donors (Lipinski definition) is 1. The van der Waals surface area contributed by atoms with E-state index in [2.05, 4.69) is 30.1 Å². The first-order chi connectivity index (χ1) is 6.88. The Morgan fingerprint density at radius 2 is 2.36 bits per heavy atom. The number of ether oxygens (including phenoxy) is 1. The van der Waals surface area contributed by atoms with Crippen LogP contribution in [0.5, 0.6) is 5.75 Å². The van der Waals surface area contributed by atoms with E-state index < -0.39 is 0 Å². The van der Waals surface area contributed by atoms with Crippen LogP contribution >= 0.6 is 0 Å². The lowest BCUT2D eigenvalue weighted by Crippen LogP contribution is -1.86. The van der Waals surface area contributed by atoms with Crippen LogP contribution < -0.4 is 4.74 Å². The summed E-state index contributed by atoms with van der Waals surface area (Å²) in [6.45, 7) is 3.00. The maximum atomic E-state index is 5.53. The van der Waals surface area contributed by atoms with Crippen molar-refractivity contribution in [2.75, 3.05) is 6.61 Å². The van der Waals surface area contributed by atoms with E-state index in [1.54, 1.807) is 0 Å². The fourth-order valence-corrected chi connectivity index (χ4v) is 2.14. The highest BCUT2D eigenvalue weighted by atomic mass is 16.5. The van der Waals surface area contributed by atoms with E-state index in [0.717, 1.165) is 25.2 Å². The number of benzene rings is 1. The van der Waals surface area contributed by atoms with Crippen molar-refractivity contribution in [2.45, 2.75) is 19.8 Å². The molecule has 0 fully saturated rings. The Morgan fingerprint density at radius 1 is 1.43 bits per heavy atom. The zero-order valence-corrected chi connectivity index (χ0v) is 8.26. The second-order valence-electron chi connectivity index (χ2n) is 3.75. The summed E-state index contributed by atoms with van der Waals surface area (Å²) in [6, 6.07) is 6.45. The Hall–Kier alpha value is -1.44. The SMILES string of the molecule is CCc1cc2ccc3c(c2[nH]1)CCO3. The largest absolute Gasteiger partial charge is 0.493 e. The fourth-order valence-electron chi connectivity index (χ4n) is 2.14. The quantitative estimate of drug-likeness (QED) is 0.729. The van der Waals surface area contributed by atoms with Crippen LogP contribution in [0.1, 0.15) is 18.2 Å². The van der Waals surface area contributed by atoms with Gasteiger partial charge in [0.2, 0.25) is 0 Å². The molecule has 0 unspecified atom stereocenters. The Morgan fingerprint density at radius 3 is 3.21 bits per heavy atom. The predicted octanol–water partition coefficient (Wildman–Crippen LogP) is 2.67. The van der Waals surface area contributed by atoms with Gasteiger partial charge in [0.25, 0.3) is 0 Å². The Balaban J connectivity index is 2.31. The van der Waals surface area contributed by atoms with E-state index in [4.69, 9.17) is 4.74 Å². The standard InChI is InChI=1S/C12H13NO/c1-2-9-7-8-3-4-11-10(5-6-14-11)12(8)13-9/h3-4,7,13H,2,5-6H2,1H3. The number of aryl methyl sites for hydroxylation is 1. The minimum absolute atomic E-state index is 0.828. The van der Waals surface area contributed by atoms with Crippen LogP contribution in [0.2, 0.25) is 0 Å². The summed E-state index contributed by atoms with van der Waals surface area (Å²) in [5.74, 6) is 1.06. The second kappa shape index (κ2) is 2.77. The molecule has 0 bridgehead atoms. The lowest BCUT2D eigenvalue weighted by Gasteiger charge is -1.98. The second-order valence-corrected chi connectivity index (χ2v) is 3.75. The number of hydrogen-bond acceptors (Lipinski definition) is 1. The summed E-state index contributed by atoms with van der Waals surface area (Å²) < 4.78 is 5.53. The van der Waals surface area contributed by atoms with E-state index in [9.17, 15) is 0 Å². The maximum absolute atomic E-state index is 5.53. The highest BCUT2D eigenvalue weighted by Gasteiger charge is 2.16. The molecule has 1 aliphatic heterocycles. The molecule has 2 heterocycles. The first kappa shape index (κ1) is 7.92. The zero-order valence-electron chi connectivity index (χ0n) is 8.26. The molecule has 72 valence electrons. The monoisotopic (exact) mass is 187 g/mol. The summed E-state index contributed by atoms with van der Waals surface area (Å²) in [5, 5.41) is 1.31. The van der Waals surface area contributed by atoms with E-state index >= 15 is 0 Å². The van der Waals surface area contributed by atoms with Crippen LogP contribution in [0.25, 0.3) is 10.9 Å². The van der Waals surface area contributed by atoms with E-state index in [1.165, 1.54) is 22.2 Å². The molecule has 0 atom stereocenters. The molecule has 2 heteroatoms. The average Bonchev–Trinajstić information content (AvgIpc) is 2.82. The van der Waals surface area contributed by atoms with E-state index in [0.29, 0.717) is 0 Å². The summed E-state index contributed by atoms with van der Waals surface area (Å²) in [5.41, 5.74) is 3.93. The van der Waals surface area contributed by atoms with Gasteiger partial charge in [0.15, 0.2) is 0 Å².